The van der Waals surface area contributed by atoms with Gasteiger partial charge in [0.1, 0.15) is 0 Å². The maximum absolute atomic E-state index is 12.1. The number of urea groups is 1. The van der Waals surface area contributed by atoms with Crippen LogP contribution < -0.4 is 16.0 Å². The van der Waals surface area contributed by atoms with Crippen LogP contribution in [-0.4, -0.2) is 29.6 Å². The van der Waals surface area contributed by atoms with Crippen LogP contribution in [0, 0.1) is 11.4 Å². The minimum absolute atomic E-state index is 0.0530. The van der Waals surface area contributed by atoms with E-state index < -0.39 is 0 Å². The molecule has 1 fully saturated rings. The van der Waals surface area contributed by atoms with Crippen molar-refractivity contribution in [3.63, 3.8) is 0 Å². The van der Waals surface area contributed by atoms with Gasteiger partial charge >= 0.3 is 6.03 Å². The molecule has 1 aromatic rings. The van der Waals surface area contributed by atoms with Gasteiger partial charge < -0.3 is 16.0 Å². The topological polar surface area (TPSA) is 106 Å². The standard InChI is InChI=1S/C15H21N5O2S/c1-9-7-17-15(22)19-14(9)23-8-13(21)18-10(2)11-3-5-12(20-16)6-4-11/h3-6,9-10,14,16H,7-8H2,1-2H3,(H,18,21)(H2,17,19,22)/t9?,10-,14?/m1/s1. The highest BCUT2D eigenvalue weighted by molar-refractivity contribution is 8.00. The van der Waals surface area contributed by atoms with Gasteiger partial charge in [0.2, 0.25) is 5.91 Å². The second-order valence-corrected chi connectivity index (χ2v) is 6.69. The summed E-state index contributed by atoms with van der Waals surface area (Å²) in [7, 11) is 0. The fourth-order valence-electron chi connectivity index (χ4n) is 2.26. The van der Waals surface area contributed by atoms with E-state index in [0.29, 0.717) is 18.0 Å². The third-order valence-electron chi connectivity index (χ3n) is 3.67. The zero-order valence-corrected chi connectivity index (χ0v) is 13.9. The first-order chi connectivity index (χ1) is 11.0. The number of amides is 3. The Morgan fingerprint density at radius 2 is 2.17 bits per heavy atom. The monoisotopic (exact) mass is 335 g/mol. The predicted molar refractivity (Wildman–Crippen MR) is 89.8 cm³/mol. The van der Waals surface area contributed by atoms with Crippen LogP contribution in [-0.2, 0) is 4.79 Å². The quantitative estimate of drug-likeness (QED) is 0.600. The van der Waals surface area contributed by atoms with Crippen molar-refractivity contribution in [2.75, 3.05) is 12.3 Å². The van der Waals surface area contributed by atoms with Crippen molar-refractivity contribution in [3.05, 3.63) is 29.8 Å². The zero-order valence-electron chi connectivity index (χ0n) is 13.1. The van der Waals surface area contributed by atoms with Crippen LogP contribution in [0.3, 0.4) is 0 Å². The average molecular weight is 335 g/mol. The minimum atomic E-state index is -0.186. The van der Waals surface area contributed by atoms with Crippen molar-refractivity contribution in [2.24, 2.45) is 11.0 Å². The fraction of sp³-hybridized carbons (Fsp3) is 0.467. The maximum Gasteiger partial charge on any atom is 0.315 e. The van der Waals surface area contributed by atoms with Gasteiger partial charge in [0.25, 0.3) is 0 Å². The Balaban J connectivity index is 1.81. The lowest BCUT2D eigenvalue weighted by Gasteiger charge is -2.29. The molecule has 0 saturated carbocycles. The summed E-state index contributed by atoms with van der Waals surface area (Å²) in [5.74, 6) is 0.487. The largest absolute Gasteiger partial charge is 0.349 e. The molecular formula is C15H21N5O2S. The highest BCUT2D eigenvalue weighted by Crippen LogP contribution is 2.20. The Kier molecular flexibility index (Phi) is 5.97. The minimum Gasteiger partial charge on any atom is -0.349 e. The van der Waals surface area contributed by atoms with Crippen LogP contribution in [0.25, 0.3) is 0 Å². The van der Waals surface area contributed by atoms with Crippen molar-refractivity contribution < 1.29 is 9.59 Å². The molecule has 1 saturated heterocycles. The molecule has 2 rings (SSSR count). The molecule has 1 aliphatic rings. The van der Waals surface area contributed by atoms with Crippen LogP contribution in [0.15, 0.2) is 29.4 Å². The van der Waals surface area contributed by atoms with E-state index in [4.69, 9.17) is 5.53 Å². The molecular weight excluding hydrogens is 314 g/mol. The number of carbonyl (C=O) groups excluding carboxylic acids is 2. The molecule has 124 valence electrons. The molecule has 0 aliphatic carbocycles. The number of nitrogens with zero attached hydrogens (tertiary/aromatic N) is 1. The predicted octanol–water partition coefficient (Wildman–Crippen LogP) is 2.53. The molecule has 1 aromatic carbocycles. The van der Waals surface area contributed by atoms with Crippen LogP contribution >= 0.6 is 11.8 Å². The van der Waals surface area contributed by atoms with E-state index in [-0.39, 0.29) is 29.3 Å². The third-order valence-corrected chi connectivity index (χ3v) is 5.04. The number of thioether (sulfide) groups is 1. The molecule has 3 amide bonds. The van der Waals surface area contributed by atoms with Crippen LogP contribution in [0.4, 0.5) is 10.5 Å². The van der Waals surface area contributed by atoms with Crippen molar-refractivity contribution in [2.45, 2.75) is 25.3 Å². The average Bonchev–Trinajstić information content (AvgIpc) is 2.55. The zero-order chi connectivity index (χ0) is 16.8. The normalized spacial score (nSPS) is 21.7. The van der Waals surface area contributed by atoms with Gasteiger partial charge in [-0.1, -0.05) is 19.1 Å². The van der Waals surface area contributed by atoms with Gasteiger partial charge in [0.15, 0.2) is 0 Å². The molecule has 3 atom stereocenters. The van der Waals surface area contributed by atoms with Gasteiger partial charge in [-0.15, -0.1) is 11.8 Å². The molecule has 8 heteroatoms. The highest BCUT2D eigenvalue weighted by atomic mass is 32.2. The molecule has 7 nitrogen and oxygen atoms in total. The summed E-state index contributed by atoms with van der Waals surface area (Å²) in [5, 5.41) is 11.8. The molecule has 0 bridgehead atoms. The van der Waals surface area contributed by atoms with E-state index in [2.05, 4.69) is 21.1 Å². The maximum atomic E-state index is 12.1. The molecule has 2 unspecified atom stereocenters. The van der Waals surface area contributed by atoms with E-state index in [1.807, 2.05) is 26.0 Å². The van der Waals surface area contributed by atoms with E-state index >= 15 is 0 Å². The Labute approximate surface area is 139 Å². The number of hydrogen-bond acceptors (Lipinski definition) is 5. The van der Waals surface area contributed by atoms with E-state index in [1.54, 1.807) is 12.1 Å². The van der Waals surface area contributed by atoms with Crippen LogP contribution in [0.5, 0.6) is 0 Å². The van der Waals surface area contributed by atoms with E-state index in [1.165, 1.54) is 11.8 Å². The number of carbonyl (C=O) groups is 2. The van der Waals surface area contributed by atoms with Gasteiger partial charge in [0, 0.05) is 12.5 Å². The Bertz CT molecular complexity index is 578. The Morgan fingerprint density at radius 3 is 2.83 bits per heavy atom. The van der Waals surface area contributed by atoms with Gasteiger partial charge in [-0.05, 0) is 24.6 Å². The van der Waals surface area contributed by atoms with Crippen molar-refractivity contribution >= 4 is 29.4 Å². The van der Waals surface area contributed by atoms with Gasteiger partial charge in [0.05, 0.1) is 22.9 Å². The van der Waals surface area contributed by atoms with Gasteiger partial charge in [-0.3, -0.25) is 4.79 Å². The third kappa shape index (κ3) is 4.95. The summed E-state index contributed by atoms with van der Waals surface area (Å²) in [6.07, 6.45) is 0. The Hall–Kier alpha value is -2.09. The molecule has 0 aromatic heterocycles. The first-order valence-corrected chi connectivity index (χ1v) is 8.47. The van der Waals surface area contributed by atoms with Crippen molar-refractivity contribution in [1.29, 1.82) is 5.53 Å². The first-order valence-electron chi connectivity index (χ1n) is 7.42. The summed E-state index contributed by atoms with van der Waals surface area (Å²) in [4.78, 5) is 23.4. The highest BCUT2D eigenvalue weighted by Gasteiger charge is 2.25. The summed E-state index contributed by atoms with van der Waals surface area (Å²) in [6, 6.07) is 6.87. The van der Waals surface area contributed by atoms with Crippen molar-refractivity contribution in [1.82, 2.24) is 16.0 Å². The second-order valence-electron chi connectivity index (χ2n) is 5.56. The molecule has 23 heavy (non-hydrogen) atoms. The molecule has 1 aliphatic heterocycles. The summed E-state index contributed by atoms with van der Waals surface area (Å²) in [5.41, 5.74) is 8.47. The molecule has 4 N–H and O–H groups in total. The summed E-state index contributed by atoms with van der Waals surface area (Å²) in [6.45, 7) is 4.56. The summed E-state index contributed by atoms with van der Waals surface area (Å²) >= 11 is 1.44. The summed E-state index contributed by atoms with van der Waals surface area (Å²) < 4.78 is 0. The molecule has 0 radical (unpaired) electrons. The number of rotatable bonds is 6. The van der Waals surface area contributed by atoms with Crippen LogP contribution in [0.2, 0.25) is 0 Å². The SMILES string of the molecule is CC1CNC(=O)NC1SCC(=O)N[C@H](C)c1ccc(N=N)cc1. The lowest BCUT2D eigenvalue weighted by molar-refractivity contribution is -0.119. The first kappa shape index (κ1) is 17.3. The lowest BCUT2D eigenvalue weighted by atomic mass is 10.1. The lowest BCUT2D eigenvalue weighted by Crippen LogP contribution is -2.53. The second kappa shape index (κ2) is 7.96. The van der Waals surface area contributed by atoms with E-state index in [0.717, 1.165) is 5.56 Å². The number of benzene rings is 1. The number of nitrogens with one attached hydrogen (secondary N) is 4. The molecule has 0 spiro atoms. The van der Waals surface area contributed by atoms with Gasteiger partial charge in [-0.2, -0.15) is 5.11 Å². The van der Waals surface area contributed by atoms with E-state index in [9.17, 15) is 9.59 Å². The number of hydrogen-bond donors (Lipinski definition) is 4. The Morgan fingerprint density at radius 1 is 1.48 bits per heavy atom. The van der Waals surface area contributed by atoms with Crippen LogP contribution in [0.1, 0.15) is 25.5 Å². The fourth-order valence-corrected chi connectivity index (χ4v) is 3.29. The smallest absolute Gasteiger partial charge is 0.315 e. The van der Waals surface area contributed by atoms with Gasteiger partial charge in [-0.25, -0.2) is 10.3 Å². The van der Waals surface area contributed by atoms with Crippen molar-refractivity contribution in [3.8, 4) is 0 Å². The molecule has 1 heterocycles.